The minimum absolute atomic E-state index is 0.0314. The smallest absolute Gasteiger partial charge is 0.243 e. The Morgan fingerprint density at radius 1 is 1.28 bits per heavy atom. The summed E-state index contributed by atoms with van der Waals surface area (Å²) in [5, 5.41) is 3.26. The summed E-state index contributed by atoms with van der Waals surface area (Å²) in [6, 6.07) is 8.71. The Balaban J connectivity index is 2.34. The summed E-state index contributed by atoms with van der Waals surface area (Å²) in [4.78, 5) is 0.387. The van der Waals surface area contributed by atoms with Gasteiger partial charge in [0.05, 0.1) is 4.90 Å². The minimum atomic E-state index is -3.36. The van der Waals surface area contributed by atoms with Gasteiger partial charge in [-0.3, -0.25) is 0 Å². The van der Waals surface area contributed by atoms with Gasteiger partial charge in [-0.1, -0.05) is 32.0 Å². The van der Waals surface area contributed by atoms with Crippen molar-refractivity contribution in [2.45, 2.75) is 24.8 Å². The summed E-state index contributed by atoms with van der Waals surface area (Å²) in [6.45, 7) is 6.11. The maximum atomic E-state index is 12.6. The predicted octanol–water partition coefficient (Wildman–Crippen LogP) is 1.31. The van der Waals surface area contributed by atoms with Gasteiger partial charge in [0.1, 0.15) is 0 Å². The molecule has 0 spiro atoms. The Labute approximate surface area is 109 Å². The molecule has 1 aromatic carbocycles. The third kappa shape index (κ3) is 2.58. The highest BCUT2D eigenvalue weighted by Gasteiger charge is 2.34. The van der Waals surface area contributed by atoms with Gasteiger partial charge in [-0.2, -0.15) is 4.31 Å². The largest absolute Gasteiger partial charge is 0.314 e. The molecule has 0 bridgehead atoms. The molecule has 1 heterocycles. The quantitative estimate of drug-likeness (QED) is 0.899. The molecule has 1 atom stereocenters. The number of nitrogens with zero attached hydrogens (tertiary/aromatic N) is 1. The molecule has 0 aliphatic carbocycles. The van der Waals surface area contributed by atoms with E-state index in [1.165, 1.54) is 0 Å². The van der Waals surface area contributed by atoms with Crippen molar-refractivity contribution in [1.82, 2.24) is 9.62 Å². The van der Waals surface area contributed by atoms with E-state index in [0.717, 1.165) is 13.1 Å². The van der Waals surface area contributed by atoms with Gasteiger partial charge in [0.2, 0.25) is 10.0 Å². The van der Waals surface area contributed by atoms with E-state index in [2.05, 4.69) is 19.2 Å². The van der Waals surface area contributed by atoms with Gasteiger partial charge in [0, 0.05) is 25.7 Å². The van der Waals surface area contributed by atoms with Crippen molar-refractivity contribution in [1.29, 1.82) is 0 Å². The Bertz CT molecular complexity index is 485. The van der Waals surface area contributed by atoms with E-state index in [4.69, 9.17) is 0 Å². The number of rotatable bonds is 3. The van der Waals surface area contributed by atoms with Crippen molar-refractivity contribution >= 4 is 10.0 Å². The number of sulfonamides is 1. The Morgan fingerprint density at radius 3 is 2.56 bits per heavy atom. The number of hydrogen-bond donors (Lipinski definition) is 1. The fourth-order valence-corrected chi connectivity index (χ4v) is 4.08. The average Bonchev–Trinajstić information content (AvgIpc) is 2.39. The van der Waals surface area contributed by atoms with Crippen molar-refractivity contribution < 1.29 is 8.42 Å². The van der Waals surface area contributed by atoms with Crippen molar-refractivity contribution in [3.8, 4) is 0 Å². The topological polar surface area (TPSA) is 49.4 Å². The van der Waals surface area contributed by atoms with E-state index >= 15 is 0 Å². The van der Waals surface area contributed by atoms with Gasteiger partial charge in [0.15, 0.2) is 0 Å². The maximum Gasteiger partial charge on any atom is 0.243 e. The molecule has 1 unspecified atom stereocenters. The van der Waals surface area contributed by atoms with E-state index in [0.29, 0.717) is 17.4 Å². The van der Waals surface area contributed by atoms with Crippen LogP contribution in [0.25, 0.3) is 0 Å². The molecule has 100 valence electrons. The van der Waals surface area contributed by atoms with E-state index in [1.807, 2.05) is 6.07 Å². The lowest BCUT2D eigenvalue weighted by Crippen LogP contribution is -2.55. The summed E-state index contributed by atoms with van der Waals surface area (Å²) in [5.74, 6) is 0.302. The average molecular weight is 268 g/mol. The van der Waals surface area contributed by atoms with Crippen LogP contribution in [-0.2, 0) is 10.0 Å². The number of nitrogens with one attached hydrogen (secondary N) is 1. The molecule has 5 heteroatoms. The van der Waals surface area contributed by atoms with Crippen LogP contribution in [0.2, 0.25) is 0 Å². The molecule has 0 aromatic heterocycles. The van der Waals surface area contributed by atoms with Crippen molar-refractivity contribution in [3.05, 3.63) is 30.3 Å². The summed E-state index contributed by atoms with van der Waals surface area (Å²) < 4.78 is 26.8. The molecule has 1 aliphatic rings. The third-order valence-corrected chi connectivity index (χ3v) is 5.29. The Hall–Kier alpha value is -0.910. The maximum absolute atomic E-state index is 12.6. The van der Waals surface area contributed by atoms with E-state index in [1.54, 1.807) is 28.6 Å². The molecule has 18 heavy (non-hydrogen) atoms. The monoisotopic (exact) mass is 268 g/mol. The highest BCUT2D eigenvalue weighted by Crippen LogP contribution is 2.22. The van der Waals surface area contributed by atoms with Gasteiger partial charge in [-0.15, -0.1) is 0 Å². The molecule has 2 rings (SSSR count). The third-order valence-electron chi connectivity index (χ3n) is 3.35. The lowest BCUT2D eigenvalue weighted by Gasteiger charge is -2.37. The zero-order chi connectivity index (χ0) is 13.2. The van der Waals surface area contributed by atoms with Gasteiger partial charge in [-0.25, -0.2) is 8.42 Å². The van der Waals surface area contributed by atoms with Crippen LogP contribution in [0.4, 0.5) is 0 Å². The van der Waals surface area contributed by atoms with Crippen LogP contribution in [0, 0.1) is 5.92 Å². The summed E-state index contributed by atoms with van der Waals surface area (Å²) >= 11 is 0. The molecular formula is C13H20N2O2S. The molecule has 1 fully saturated rings. The van der Waals surface area contributed by atoms with Crippen LogP contribution in [-0.4, -0.2) is 38.4 Å². The first-order chi connectivity index (χ1) is 8.53. The first-order valence-electron chi connectivity index (χ1n) is 6.31. The van der Waals surface area contributed by atoms with Gasteiger partial charge in [0.25, 0.3) is 0 Å². The summed E-state index contributed by atoms with van der Waals surface area (Å²) in [7, 11) is -3.36. The number of benzene rings is 1. The van der Waals surface area contributed by atoms with E-state index in [9.17, 15) is 8.42 Å². The first-order valence-corrected chi connectivity index (χ1v) is 7.75. The van der Waals surface area contributed by atoms with Gasteiger partial charge in [-0.05, 0) is 18.1 Å². The lowest BCUT2D eigenvalue weighted by molar-refractivity contribution is 0.217. The van der Waals surface area contributed by atoms with Crippen LogP contribution in [0.1, 0.15) is 13.8 Å². The fourth-order valence-electron chi connectivity index (χ4n) is 2.30. The summed E-state index contributed by atoms with van der Waals surface area (Å²) in [6.07, 6.45) is 0. The Kier molecular flexibility index (Phi) is 4.04. The molecule has 1 N–H and O–H groups in total. The van der Waals surface area contributed by atoms with Crippen LogP contribution in [0.15, 0.2) is 35.2 Å². The molecular weight excluding hydrogens is 248 g/mol. The molecule has 0 amide bonds. The molecule has 1 aromatic rings. The normalized spacial score (nSPS) is 22.3. The predicted molar refractivity (Wildman–Crippen MR) is 71.8 cm³/mol. The van der Waals surface area contributed by atoms with Crippen LogP contribution in [0.5, 0.6) is 0 Å². The van der Waals surface area contributed by atoms with E-state index < -0.39 is 10.0 Å². The standard InChI is InChI=1S/C13H20N2O2S/c1-11(2)13-10-14-8-9-15(13)18(16,17)12-6-4-3-5-7-12/h3-7,11,13-14H,8-10H2,1-2H3. The molecule has 1 saturated heterocycles. The fraction of sp³-hybridized carbons (Fsp3) is 0.538. The lowest BCUT2D eigenvalue weighted by atomic mass is 10.0. The highest BCUT2D eigenvalue weighted by molar-refractivity contribution is 7.89. The zero-order valence-corrected chi connectivity index (χ0v) is 11.7. The SMILES string of the molecule is CC(C)C1CNCCN1S(=O)(=O)c1ccccc1. The molecule has 0 radical (unpaired) electrons. The van der Waals surface area contributed by atoms with Crippen LogP contribution in [0.3, 0.4) is 0 Å². The Morgan fingerprint density at radius 2 is 1.94 bits per heavy atom. The molecule has 4 nitrogen and oxygen atoms in total. The van der Waals surface area contributed by atoms with Crippen molar-refractivity contribution in [2.75, 3.05) is 19.6 Å². The second-order valence-electron chi connectivity index (χ2n) is 4.94. The van der Waals surface area contributed by atoms with Crippen molar-refractivity contribution in [3.63, 3.8) is 0 Å². The molecule has 0 saturated carbocycles. The number of piperazine rings is 1. The first kappa shape index (κ1) is 13.5. The van der Waals surface area contributed by atoms with Crippen molar-refractivity contribution in [2.24, 2.45) is 5.92 Å². The minimum Gasteiger partial charge on any atom is -0.314 e. The summed E-state index contributed by atoms with van der Waals surface area (Å²) in [5.41, 5.74) is 0. The van der Waals surface area contributed by atoms with Gasteiger partial charge >= 0.3 is 0 Å². The zero-order valence-electron chi connectivity index (χ0n) is 10.8. The highest BCUT2D eigenvalue weighted by atomic mass is 32.2. The number of hydrogen-bond acceptors (Lipinski definition) is 3. The van der Waals surface area contributed by atoms with Crippen LogP contribution >= 0.6 is 0 Å². The van der Waals surface area contributed by atoms with Gasteiger partial charge < -0.3 is 5.32 Å². The second-order valence-corrected chi connectivity index (χ2v) is 6.83. The molecule has 1 aliphatic heterocycles. The van der Waals surface area contributed by atoms with Crippen LogP contribution < -0.4 is 5.32 Å². The second kappa shape index (κ2) is 5.38. The van der Waals surface area contributed by atoms with E-state index in [-0.39, 0.29) is 6.04 Å².